The molecule has 4 nitrogen and oxygen atoms in total. The fourth-order valence-electron chi connectivity index (χ4n) is 3.06. The van der Waals surface area contributed by atoms with E-state index in [-0.39, 0.29) is 0 Å². The van der Waals surface area contributed by atoms with Crippen molar-refractivity contribution < 1.29 is 19.4 Å². The highest BCUT2D eigenvalue weighted by Gasteiger charge is 2.43. The van der Waals surface area contributed by atoms with Crippen LogP contribution in [0.3, 0.4) is 0 Å². The van der Waals surface area contributed by atoms with Crippen LogP contribution >= 0.6 is 0 Å². The van der Waals surface area contributed by atoms with Crippen LogP contribution in [0.15, 0.2) is 78.9 Å². The minimum Gasteiger partial charge on any atom is -0.493 e. The van der Waals surface area contributed by atoms with Crippen LogP contribution in [0.2, 0.25) is 0 Å². The number of hydrogen-bond acceptors (Lipinski definition) is 4. The number of carbonyl (C=O) groups is 1. The lowest BCUT2D eigenvalue weighted by molar-refractivity contribution is 0.0476. The zero-order valence-electron chi connectivity index (χ0n) is 14.7. The van der Waals surface area contributed by atoms with E-state index in [1.165, 1.54) is 14.2 Å². The summed E-state index contributed by atoms with van der Waals surface area (Å²) in [7, 11) is 3.00. The fourth-order valence-corrected chi connectivity index (χ4v) is 3.06. The Bertz CT molecular complexity index is 891. The predicted octanol–water partition coefficient (Wildman–Crippen LogP) is 3.82. The monoisotopic (exact) mass is 348 g/mol. The van der Waals surface area contributed by atoms with Crippen molar-refractivity contribution in [2.45, 2.75) is 5.60 Å². The number of methoxy groups -OCH3 is 2. The van der Waals surface area contributed by atoms with Gasteiger partial charge in [-0.1, -0.05) is 72.8 Å². The van der Waals surface area contributed by atoms with E-state index >= 15 is 0 Å². The lowest BCUT2D eigenvalue weighted by Crippen LogP contribution is -2.37. The third-order valence-corrected chi connectivity index (χ3v) is 4.35. The highest BCUT2D eigenvalue weighted by molar-refractivity contribution is 6.05. The van der Waals surface area contributed by atoms with Crippen molar-refractivity contribution in [3.8, 4) is 11.5 Å². The summed E-state index contributed by atoms with van der Waals surface area (Å²) in [6, 6.07) is 22.7. The Kier molecular flexibility index (Phi) is 5.05. The smallest absolute Gasteiger partial charge is 0.203 e. The predicted molar refractivity (Wildman–Crippen MR) is 99.8 cm³/mol. The van der Waals surface area contributed by atoms with Gasteiger partial charge >= 0.3 is 0 Å². The van der Waals surface area contributed by atoms with Gasteiger partial charge in [-0.05, 0) is 11.6 Å². The minimum atomic E-state index is -1.91. The van der Waals surface area contributed by atoms with Crippen molar-refractivity contribution in [2.75, 3.05) is 14.2 Å². The Morgan fingerprint density at radius 1 is 0.808 bits per heavy atom. The molecule has 0 fully saturated rings. The molecule has 0 radical (unpaired) electrons. The summed E-state index contributed by atoms with van der Waals surface area (Å²) in [6.45, 7) is 0. The first-order valence-electron chi connectivity index (χ1n) is 8.22. The number of para-hydroxylation sites is 1. The van der Waals surface area contributed by atoms with Gasteiger partial charge in [0, 0.05) is 11.1 Å². The van der Waals surface area contributed by atoms with E-state index in [0.717, 1.165) is 0 Å². The van der Waals surface area contributed by atoms with Crippen LogP contribution in [-0.2, 0) is 5.60 Å². The Balaban J connectivity index is 2.28. The first kappa shape index (κ1) is 17.7. The molecular weight excluding hydrogens is 328 g/mol. The number of aliphatic hydroxyl groups is 1. The third kappa shape index (κ3) is 2.95. The first-order valence-corrected chi connectivity index (χ1v) is 8.22. The van der Waals surface area contributed by atoms with Gasteiger partial charge in [-0.3, -0.25) is 4.79 Å². The van der Waals surface area contributed by atoms with Gasteiger partial charge in [0.25, 0.3) is 0 Å². The Morgan fingerprint density at radius 2 is 1.42 bits per heavy atom. The van der Waals surface area contributed by atoms with E-state index in [1.807, 2.05) is 12.1 Å². The fraction of sp³-hybridized carbons (Fsp3) is 0.136. The van der Waals surface area contributed by atoms with Crippen molar-refractivity contribution in [1.82, 2.24) is 0 Å². The topological polar surface area (TPSA) is 55.8 Å². The molecule has 0 heterocycles. The summed E-state index contributed by atoms with van der Waals surface area (Å²) in [5.41, 5.74) is -0.716. The van der Waals surface area contributed by atoms with Crippen LogP contribution in [0.4, 0.5) is 0 Å². The highest BCUT2D eigenvalue weighted by Crippen LogP contribution is 2.42. The molecule has 0 aliphatic carbocycles. The maximum Gasteiger partial charge on any atom is 0.203 e. The highest BCUT2D eigenvalue weighted by atomic mass is 16.5. The second-order valence-electron chi connectivity index (χ2n) is 5.81. The average molecular weight is 348 g/mol. The summed E-state index contributed by atoms with van der Waals surface area (Å²) >= 11 is 0. The van der Waals surface area contributed by atoms with Gasteiger partial charge in [-0.2, -0.15) is 0 Å². The van der Waals surface area contributed by atoms with Crippen molar-refractivity contribution >= 4 is 5.78 Å². The van der Waals surface area contributed by atoms with Gasteiger partial charge in [0.1, 0.15) is 0 Å². The molecule has 1 N–H and O–H groups in total. The van der Waals surface area contributed by atoms with Crippen LogP contribution in [0.5, 0.6) is 11.5 Å². The number of benzene rings is 3. The second-order valence-corrected chi connectivity index (χ2v) is 5.81. The Morgan fingerprint density at radius 3 is 2.00 bits per heavy atom. The lowest BCUT2D eigenvalue weighted by atomic mass is 9.79. The molecule has 26 heavy (non-hydrogen) atoms. The second kappa shape index (κ2) is 7.42. The Labute approximate surface area is 152 Å². The number of ether oxygens (including phenoxy) is 2. The van der Waals surface area contributed by atoms with E-state index in [2.05, 4.69) is 0 Å². The van der Waals surface area contributed by atoms with Crippen molar-refractivity contribution in [1.29, 1.82) is 0 Å². The molecule has 0 aliphatic rings. The van der Waals surface area contributed by atoms with E-state index in [4.69, 9.17) is 9.47 Å². The molecular formula is C22H20O4. The molecule has 3 rings (SSSR count). The maximum absolute atomic E-state index is 13.4. The van der Waals surface area contributed by atoms with Gasteiger partial charge in [0.2, 0.25) is 5.78 Å². The average Bonchev–Trinajstić information content (AvgIpc) is 2.73. The number of rotatable bonds is 6. The van der Waals surface area contributed by atoms with Crippen molar-refractivity contribution in [3.05, 3.63) is 95.6 Å². The van der Waals surface area contributed by atoms with E-state index in [0.29, 0.717) is 28.2 Å². The van der Waals surface area contributed by atoms with E-state index in [1.54, 1.807) is 66.7 Å². The summed E-state index contributed by atoms with van der Waals surface area (Å²) < 4.78 is 10.8. The Hall–Kier alpha value is -3.11. The summed E-state index contributed by atoms with van der Waals surface area (Å²) in [4.78, 5) is 13.4. The molecule has 0 spiro atoms. The van der Waals surface area contributed by atoms with Gasteiger partial charge in [-0.15, -0.1) is 0 Å². The molecule has 0 amide bonds. The molecule has 0 saturated carbocycles. The van der Waals surface area contributed by atoms with Crippen molar-refractivity contribution in [3.63, 3.8) is 0 Å². The number of Topliss-reactive ketones (excluding diaryl/α,β-unsaturated/α-hetero) is 1. The zero-order valence-corrected chi connectivity index (χ0v) is 14.7. The van der Waals surface area contributed by atoms with Crippen LogP contribution < -0.4 is 9.47 Å². The summed E-state index contributed by atoms with van der Waals surface area (Å²) in [6.07, 6.45) is 0. The van der Waals surface area contributed by atoms with Crippen molar-refractivity contribution in [2.24, 2.45) is 0 Å². The summed E-state index contributed by atoms with van der Waals surface area (Å²) in [5.74, 6) is 0.335. The first-order chi connectivity index (χ1) is 12.6. The largest absolute Gasteiger partial charge is 0.493 e. The van der Waals surface area contributed by atoms with Crippen LogP contribution in [-0.4, -0.2) is 25.1 Å². The number of ketones is 1. The van der Waals surface area contributed by atoms with E-state index in [9.17, 15) is 9.90 Å². The maximum atomic E-state index is 13.4. The van der Waals surface area contributed by atoms with Gasteiger partial charge in [-0.25, -0.2) is 0 Å². The normalized spacial score (nSPS) is 12.9. The number of hydrogen-bond donors (Lipinski definition) is 1. The molecule has 0 saturated heterocycles. The van der Waals surface area contributed by atoms with E-state index < -0.39 is 11.4 Å². The molecule has 3 aromatic rings. The molecule has 4 heteroatoms. The SMILES string of the molecule is COc1cccc(C(O)(C(=O)c2ccccc2)c2ccccc2)c1OC. The number of carbonyl (C=O) groups excluding carboxylic acids is 1. The van der Waals surface area contributed by atoms with Crippen LogP contribution in [0, 0.1) is 0 Å². The third-order valence-electron chi connectivity index (χ3n) is 4.35. The molecule has 0 aromatic heterocycles. The minimum absolute atomic E-state index is 0.325. The quantitative estimate of drug-likeness (QED) is 0.688. The van der Waals surface area contributed by atoms with Gasteiger partial charge in [0.05, 0.1) is 14.2 Å². The zero-order chi connectivity index (χ0) is 18.6. The molecule has 1 atom stereocenters. The van der Waals surface area contributed by atoms with Gasteiger partial charge < -0.3 is 14.6 Å². The molecule has 1 unspecified atom stereocenters. The van der Waals surface area contributed by atoms with Gasteiger partial charge in [0.15, 0.2) is 17.1 Å². The lowest BCUT2D eigenvalue weighted by Gasteiger charge is -2.30. The molecule has 0 aliphatic heterocycles. The molecule has 132 valence electrons. The standard InChI is InChI=1S/C22H20O4/c1-25-19-15-9-14-18(20(19)26-2)22(24,17-12-7-4-8-13-17)21(23)16-10-5-3-6-11-16/h3-15,24H,1-2H3. The summed E-state index contributed by atoms with van der Waals surface area (Å²) in [5, 5.41) is 11.7. The molecule has 3 aromatic carbocycles. The van der Waals surface area contributed by atoms with Crippen LogP contribution in [0.25, 0.3) is 0 Å². The van der Waals surface area contributed by atoms with Crippen LogP contribution in [0.1, 0.15) is 21.5 Å². The molecule has 0 bridgehead atoms.